The van der Waals surface area contributed by atoms with E-state index in [-0.39, 0.29) is 17.9 Å². The first-order valence-electron chi connectivity index (χ1n) is 6.61. The maximum Gasteiger partial charge on any atom is 0.276 e. The molecule has 1 aromatic heterocycles. The monoisotopic (exact) mass is 271 g/mol. The number of nitrogens with zero attached hydrogens (tertiary/aromatic N) is 3. The lowest BCUT2D eigenvalue weighted by Gasteiger charge is -2.45. The molecular weight excluding hydrogens is 258 g/mol. The summed E-state index contributed by atoms with van der Waals surface area (Å²) >= 11 is 0. The highest BCUT2D eigenvalue weighted by molar-refractivity contribution is 6.00. The molecule has 7 nitrogen and oxygen atoms in total. The molecule has 4 rings (SSSR count). The highest BCUT2D eigenvalue weighted by Crippen LogP contribution is 2.22. The number of fused-ring (bicyclic) bond motifs is 4. The van der Waals surface area contributed by atoms with E-state index in [4.69, 9.17) is 0 Å². The third-order valence-corrected chi connectivity index (χ3v) is 3.94. The number of hydrogen-bond donors (Lipinski definition) is 2. The Morgan fingerprint density at radius 3 is 3.15 bits per heavy atom. The first-order chi connectivity index (χ1) is 9.75. The average molecular weight is 271 g/mol. The molecule has 3 aliphatic heterocycles. The second-order valence-corrected chi connectivity index (χ2v) is 5.06. The van der Waals surface area contributed by atoms with Gasteiger partial charge in [0.1, 0.15) is 6.04 Å². The molecule has 0 radical (unpaired) electrons. The number of amides is 2. The smallest absolute Gasteiger partial charge is 0.276 e. The second-order valence-electron chi connectivity index (χ2n) is 5.06. The van der Waals surface area contributed by atoms with Gasteiger partial charge < -0.3 is 15.5 Å². The van der Waals surface area contributed by atoms with E-state index in [1.807, 2.05) is 17.0 Å². The lowest BCUT2D eigenvalue weighted by molar-refractivity contribution is -0.132. The molecule has 2 amide bonds. The van der Waals surface area contributed by atoms with Crippen LogP contribution in [0.1, 0.15) is 0 Å². The SMILES string of the molecule is O=C1N=c2ncccc2=C2C1NC(=O)C1CNCCN21. The summed E-state index contributed by atoms with van der Waals surface area (Å²) in [7, 11) is 0. The Balaban J connectivity index is 1.99. The topological polar surface area (TPSA) is 86.7 Å². The summed E-state index contributed by atoms with van der Waals surface area (Å²) in [6.45, 7) is 2.08. The summed E-state index contributed by atoms with van der Waals surface area (Å²) in [4.78, 5) is 34.4. The van der Waals surface area contributed by atoms with E-state index < -0.39 is 6.04 Å². The molecule has 102 valence electrons. The lowest BCUT2D eigenvalue weighted by atomic mass is 9.98. The molecule has 2 fully saturated rings. The van der Waals surface area contributed by atoms with Crippen molar-refractivity contribution in [3.63, 3.8) is 0 Å². The number of carbonyl (C=O) groups excluding carboxylic acids is 2. The van der Waals surface area contributed by atoms with Gasteiger partial charge in [-0.05, 0) is 12.1 Å². The minimum absolute atomic E-state index is 0.123. The Hall–Kier alpha value is -2.28. The van der Waals surface area contributed by atoms with Crippen LogP contribution in [0.25, 0.3) is 5.70 Å². The van der Waals surface area contributed by atoms with Crippen molar-refractivity contribution in [2.24, 2.45) is 4.99 Å². The number of piperazine rings is 2. The molecule has 1 aromatic rings. The van der Waals surface area contributed by atoms with Crippen molar-refractivity contribution in [1.82, 2.24) is 20.5 Å². The predicted octanol–water partition coefficient (Wildman–Crippen LogP) is -2.88. The standard InChI is InChI=1S/C13H13N5O2/c19-12-8-6-14-4-5-18(8)10-7-2-1-3-15-11(7)17-13(20)9(10)16-12/h1-3,8-9,14H,4-6H2,(H,16,19). The van der Waals surface area contributed by atoms with Gasteiger partial charge in [-0.25, -0.2) is 4.98 Å². The van der Waals surface area contributed by atoms with Gasteiger partial charge in [-0.2, -0.15) is 4.99 Å². The van der Waals surface area contributed by atoms with Crippen molar-refractivity contribution >= 4 is 17.5 Å². The van der Waals surface area contributed by atoms with E-state index in [1.165, 1.54) is 0 Å². The van der Waals surface area contributed by atoms with Gasteiger partial charge in [0.2, 0.25) is 5.91 Å². The van der Waals surface area contributed by atoms with Crippen LogP contribution >= 0.6 is 0 Å². The summed E-state index contributed by atoms with van der Waals surface area (Å²) in [5, 5.41) is 6.82. The summed E-state index contributed by atoms with van der Waals surface area (Å²) in [5.41, 5.74) is 1.27. The molecule has 0 bridgehead atoms. The van der Waals surface area contributed by atoms with Crippen LogP contribution in [0.15, 0.2) is 23.3 Å². The van der Waals surface area contributed by atoms with Crippen LogP contribution in [0, 0.1) is 0 Å². The number of nitrogens with one attached hydrogen (secondary N) is 2. The summed E-state index contributed by atoms with van der Waals surface area (Å²) in [6.07, 6.45) is 1.62. The van der Waals surface area contributed by atoms with Crippen LogP contribution in [0.4, 0.5) is 0 Å². The van der Waals surface area contributed by atoms with Crippen LogP contribution in [-0.4, -0.2) is 53.4 Å². The molecule has 2 unspecified atom stereocenters. The van der Waals surface area contributed by atoms with Crippen molar-refractivity contribution in [2.45, 2.75) is 12.1 Å². The summed E-state index contributed by atoms with van der Waals surface area (Å²) < 4.78 is 0. The number of hydrogen-bond acceptors (Lipinski definition) is 5. The van der Waals surface area contributed by atoms with Crippen molar-refractivity contribution in [2.75, 3.05) is 19.6 Å². The number of aromatic nitrogens is 1. The van der Waals surface area contributed by atoms with E-state index in [9.17, 15) is 9.59 Å². The van der Waals surface area contributed by atoms with Crippen molar-refractivity contribution in [1.29, 1.82) is 0 Å². The van der Waals surface area contributed by atoms with Crippen LogP contribution < -0.4 is 21.3 Å². The van der Waals surface area contributed by atoms with Gasteiger partial charge in [0.25, 0.3) is 5.91 Å². The second kappa shape index (κ2) is 4.11. The van der Waals surface area contributed by atoms with Gasteiger partial charge in [0, 0.05) is 31.0 Å². The quantitative estimate of drug-likeness (QED) is 0.529. The molecule has 0 saturated carbocycles. The highest BCUT2D eigenvalue weighted by Gasteiger charge is 2.43. The molecule has 0 spiro atoms. The van der Waals surface area contributed by atoms with Crippen molar-refractivity contribution in [3.8, 4) is 0 Å². The molecule has 4 heterocycles. The van der Waals surface area contributed by atoms with E-state index in [1.54, 1.807) is 6.20 Å². The molecule has 20 heavy (non-hydrogen) atoms. The zero-order valence-electron chi connectivity index (χ0n) is 10.7. The Bertz CT molecular complexity index is 729. The van der Waals surface area contributed by atoms with E-state index in [0.717, 1.165) is 17.5 Å². The zero-order chi connectivity index (χ0) is 13.7. The number of carbonyl (C=O) groups is 2. The largest absolute Gasteiger partial charge is 0.358 e. The van der Waals surface area contributed by atoms with Crippen LogP contribution in [0.3, 0.4) is 0 Å². The molecule has 3 aliphatic rings. The predicted molar refractivity (Wildman–Crippen MR) is 68.7 cm³/mol. The molecule has 2 saturated heterocycles. The fourth-order valence-electron chi connectivity index (χ4n) is 3.04. The summed E-state index contributed by atoms with van der Waals surface area (Å²) in [5.74, 6) is -0.474. The molecule has 2 atom stereocenters. The first kappa shape index (κ1) is 11.5. The highest BCUT2D eigenvalue weighted by atomic mass is 16.2. The van der Waals surface area contributed by atoms with E-state index in [0.29, 0.717) is 18.6 Å². The Labute approximate surface area is 114 Å². The maximum absolute atomic E-state index is 12.1. The van der Waals surface area contributed by atoms with Gasteiger partial charge >= 0.3 is 0 Å². The molecule has 2 N–H and O–H groups in total. The van der Waals surface area contributed by atoms with E-state index in [2.05, 4.69) is 20.6 Å². The van der Waals surface area contributed by atoms with Gasteiger partial charge in [-0.1, -0.05) is 0 Å². The number of rotatable bonds is 0. The van der Waals surface area contributed by atoms with Gasteiger partial charge in [-0.3, -0.25) is 9.59 Å². The first-order valence-corrected chi connectivity index (χ1v) is 6.61. The minimum Gasteiger partial charge on any atom is -0.358 e. The Morgan fingerprint density at radius 1 is 1.35 bits per heavy atom. The van der Waals surface area contributed by atoms with Gasteiger partial charge in [0.05, 0.1) is 5.70 Å². The maximum atomic E-state index is 12.1. The van der Waals surface area contributed by atoms with Gasteiger partial charge in [-0.15, -0.1) is 0 Å². The zero-order valence-corrected chi connectivity index (χ0v) is 10.7. The fraction of sp³-hybridized carbons (Fsp3) is 0.385. The van der Waals surface area contributed by atoms with Gasteiger partial charge in [0.15, 0.2) is 11.5 Å². The van der Waals surface area contributed by atoms with Crippen LogP contribution in [0.5, 0.6) is 0 Å². The van der Waals surface area contributed by atoms with E-state index >= 15 is 0 Å². The fourth-order valence-corrected chi connectivity index (χ4v) is 3.04. The van der Waals surface area contributed by atoms with Crippen molar-refractivity contribution in [3.05, 3.63) is 29.0 Å². The third kappa shape index (κ3) is 1.50. The molecule has 0 aliphatic carbocycles. The summed E-state index contributed by atoms with van der Waals surface area (Å²) in [6, 6.07) is 2.78. The van der Waals surface area contributed by atoms with Crippen LogP contribution in [-0.2, 0) is 9.59 Å². The Kier molecular flexibility index (Phi) is 2.37. The average Bonchev–Trinajstić information content (AvgIpc) is 2.48. The molecule has 7 heteroatoms. The normalized spacial score (nSPS) is 28.0. The lowest BCUT2D eigenvalue weighted by Crippen LogP contribution is -2.68. The third-order valence-electron chi connectivity index (χ3n) is 3.94. The van der Waals surface area contributed by atoms with Crippen LogP contribution in [0.2, 0.25) is 0 Å². The number of pyridine rings is 1. The Morgan fingerprint density at radius 2 is 2.25 bits per heavy atom. The molecule has 0 aromatic carbocycles. The van der Waals surface area contributed by atoms with Crippen molar-refractivity contribution < 1.29 is 9.59 Å². The molecular formula is C13H13N5O2. The minimum atomic E-state index is -0.673.